The van der Waals surface area contributed by atoms with Crippen molar-refractivity contribution in [3.63, 3.8) is 0 Å². The maximum atomic E-state index is 12.2. The Morgan fingerprint density at radius 2 is 1.73 bits per heavy atom. The third-order valence-corrected chi connectivity index (χ3v) is 4.99. The Balaban J connectivity index is 2.39. The van der Waals surface area contributed by atoms with Crippen LogP contribution in [-0.4, -0.2) is 60.9 Å². The number of hydrogen-bond donors (Lipinski definition) is 1. The van der Waals surface area contributed by atoms with Gasteiger partial charge in [-0.15, -0.1) is 0 Å². The molecule has 0 bridgehead atoms. The van der Waals surface area contributed by atoms with Gasteiger partial charge < -0.3 is 10.2 Å². The van der Waals surface area contributed by atoms with Crippen molar-refractivity contribution in [1.82, 2.24) is 15.1 Å². The lowest BCUT2D eigenvalue weighted by atomic mass is 9.78. The molecular formula is C17H33N3O2. The molecule has 1 N–H and O–H groups in total. The van der Waals surface area contributed by atoms with Crippen molar-refractivity contribution < 1.29 is 9.59 Å². The molecule has 1 saturated carbocycles. The molecule has 3 unspecified atom stereocenters. The molecule has 1 aliphatic carbocycles. The lowest BCUT2D eigenvalue weighted by Gasteiger charge is -2.35. The maximum Gasteiger partial charge on any atom is 0.236 e. The fourth-order valence-electron chi connectivity index (χ4n) is 3.25. The van der Waals surface area contributed by atoms with Crippen molar-refractivity contribution in [2.45, 2.75) is 53.0 Å². The summed E-state index contributed by atoms with van der Waals surface area (Å²) in [6.07, 6.45) is 3.51. The summed E-state index contributed by atoms with van der Waals surface area (Å²) in [5.74, 6) is 1.31. The van der Waals surface area contributed by atoms with Crippen LogP contribution < -0.4 is 5.32 Å². The van der Waals surface area contributed by atoms with Crippen molar-refractivity contribution in [3.05, 3.63) is 0 Å². The normalized spacial score (nSPS) is 25.1. The van der Waals surface area contributed by atoms with E-state index in [4.69, 9.17) is 0 Å². The van der Waals surface area contributed by atoms with E-state index in [-0.39, 0.29) is 24.4 Å². The summed E-state index contributed by atoms with van der Waals surface area (Å²) in [5, 5.41) is 3.15. The van der Waals surface area contributed by atoms with Gasteiger partial charge in [-0.2, -0.15) is 0 Å². The third-order valence-electron chi connectivity index (χ3n) is 4.99. The zero-order chi connectivity index (χ0) is 16.7. The number of likely N-dealkylation sites (N-methyl/N-ethyl adjacent to an activating group) is 2. The quantitative estimate of drug-likeness (QED) is 0.779. The highest BCUT2D eigenvalue weighted by molar-refractivity contribution is 5.81. The molecule has 0 aromatic rings. The average molecular weight is 311 g/mol. The molecule has 0 saturated heterocycles. The largest absolute Gasteiger partial charge is 0.352 e. The van der Waals surface area contributed by atoms with Crippen LogP contribution in [0.2, 0.25) is 0 Å². The van der Waals surface area contributed by atoms with Crippen molar-refractivity contribution >= 4 is 11.8 Å². The first kappa shape index (κ1) is 18.9. The van der Waals surface area contributed by atoms with Crippen LogP contribution in [0, 0.1) is 11.8 Å². The zero-order valence-corrected chi connectivity index (χ0v) is 14.9. The van der Waals surface area contributed by atoms with Crippen LogP contribution >= 0.6 is 0 Å². The predicted molar refractivity (Wildman–Crippen MR) is 89.5 cm³/mol. The van der Waals surface area contributed by atoms with Gasteiger partial charge in [0.25, 0.3) is 0 Å². The summed E-state index contributed by atoms with van der Waals surface area (Å²) in [5.41, 5.74) is 0. The van der Waals surface area contributed by atoms with Crippen LogP contribution in [-0.2, 0) is 9.59 Å². The highest BCUT2D eigenvalue weighted by atomic mass is 16.2. The topological polar surface area (TPSA) is 52.7 Å². The summed E-state index contributed by atoms with van der Waals surface area (Å²) in [7, 11) is 1.83. The Labute approximate surface area is 135 Å². The van der Waals surface area contributed by atoms with Crippen LogP contribution in [0.15, 0.2) is 0 Å². The molecule has 0 heterocycles. The summed E-state index contributed by atoms with van der Waals surface area (Å²) >= 11 is 0. The van der Waals surface area contributed by atoms with Gasteiger partial charge >= 0.3 is 0 Å². The van der Waals surface area contributed by atoms with E-state index in [1.807, 2.05) is 20.9 Å². The number of nitrogens with zero attached hydrogens (tertiary/aromatic N) is 2. The molecule has 0 aromatic carbocycles. The number of amides is 2. The van der Waals surface area contributed by atoms with Gasteiger partial charge in [0, 0.05) is 19.1 Å². The van der Waals surface area contributed by atoms with E-state index in [1.54, 1.807) is 9.80 Å². The van der Waals surface area contributed by atoms with Gasteiger partial charge in [-0.25, -0.2) is 0 Å². The average Bonchev–Trinajstić information content (AvgIpc) is 2.44. The van der Waals surface area contributed by atoms with Crippen molar-refractivity contribution in [2.75, 3.05) is 33.2 Å². The van der Waals surface area contributed by atoms with Gasteiger partial charge in [-0.05, 0) is 39.2 Å². The molecule has 0 radical (unpaired) electrons. The number of hydrogen-bond acceptors (Lipinski definition) is 3. The molecule has 1 fully saturated rings. The molecule has 0 aliphatic heterocycles. The predicted octanol–water partition coefficient (Wildman–Crippen LogP) is 1.73. The Hall–Kier alpha value is -1.10. The van der Waals surface area contributed by atoms with E-state index in [2.05, 4.69) is 19.2 Å². The first-order chi connectivity index (χ1) is 10.4. The van der Waals surface area contributed by atoms with Crippen LogP contribution in [0.1, 0.15) is 47.0 Å². The number of rotatable bonds is 7. The van der Waals surface area contributed by atoms with Crippen LogP contribution in [0.5, 0.6) is 0 Å². The van der Waals surface area contributed by atoms with E-state index in [1.165, 1.54) is 12.8 Å². The molecule has 5 nitrogen and oxygen atoms in total. The molecule has 1 rings (SSSR count). The highest BCUT2D eigenvalue weighted by Gasteiger charge is 2.28. The maximum absolute atomic E-state index is 12.2. The second kappa shape index (κ2) is 9.13. The Morgan fingerprint density at radius 1 is 1.09 bits per heavy atom. The third kappa shape index (κ3) is 5.59. The van der Waals surface area contributed by atoms with E-state index in [0.717, 1.165) is 6.42 Å². The van der Waals surface area contributed by atoms with Gasteiger partial charge in [0.15, 0.2) is 0 Å². The molecule has 2 amide bonds. The monoisotopic (exact) mass is 311 g/mol. The van der Waals surface area contributed by atoms with Crippen molar-refractivity contribution in [1.29, 1.82) is 0 Å². The van der Waals surface area contributed by atoms with Crippen LogP contribution in [0.25, 0.3) is 0 Å². The smallest absolute Gasteiger partial charge is 0.236 e. The zero-order valence-electron chi connectivity index (χ0n) is 14.9. The minimum absolute atomic E-state index is 0.0285. The van der Waals surface area contributed by atoms with Crippen molar-refractivity contribution in [3.8, 4) is 0 Å². The lowest BCUT2D eigenvalue weighted by Crippen LogP contribution is -2.48. The standard InChI is InChI=1S/C17H33N3O2/c1-6-20(7-2)17(22)12-19(5)11-16(21)18-15-10-8-9-13(3)14(15)4/h13-15H,6-12H2,1-5H3,(H,18,21). The fourth-order valence-corrected chi connectivity index (χ4v) is 3.25. The minimum Gasteiger partial charge on any atom is -0.352 e. The van der Waals surface area contributed by atoms with E-state index in [9.17, 15) is 9.59 Å². The summed E-state index contributed by atoms with van der Waals surface area (Å²) in [6.45, 7) is 10.4. The minimum atomic E-state index is 0.0285. The Kier molecular flexibility index (Phi) is 7.87. The van der Waals surface area contributed by atoms with E-state index in [0.29, 0.717) is 31.5 Å². The molecule has 128 valence electrons. The van der Waals surface area contributed by atoms with Gasteiger partial charge in [-0.1, -0.05) is 26.7 Å². The fraction of sp³-hybridized carbons (Fsp3) is 0.882. The van der Waals surface area contributed by atoms with Crippen molar-refractivity contribution in [2.24, 2.45) is 11.8 Å². The van der Waals surface area contributed by atoms with Gasteiger partial charge in [-0.3, -0.25) is 14.5 Å². The summed E-state index contributed by atoms with van der Waals surface area (Å²) in [4.78, 5) is 27.8. The Morgan fingerprint density at radius 3 is 2.32 bits per heavy atom. The Bertz CT molecular complexity index is 369. The van der Waals surface area contributed by atoms with Crippen LogP contribution in [0.3, 0.4) is 0 Å². The molecule has 0 spiro atoms. The van der Waals surface area contributed by atoms with Gasteiger partial charge in [0.05, 0.1) is 13.1 Å². The molecule has 22 heavy (non-hydrogen) atoms. The molecular weight excluding hydrogens is 278 g/mol. The SMILES string of the molecule is CCN(CC)C(=O)CN(C)CC(=O)NC1CCCC(C)C1C. The van der Waals surface area contributed by atoms with E-state index >= 15 is 0 Å². The van der Waals surface area contributed by atoms with Crippen LogP contribution in [0.4, 0.5) is 0 Å². The molecule has 0 aromatic heterocycles. The molecule has 1 aliphatic rings. The second-order valence-corrected chi connectivity index (χ2v) is 6.68. The summed E-state index contributed by atoms with van der Waals surface area (Å²) < 4.78 is 0. The molecule has 3 atom stereocenters. The van der Waals surface area contributed by atoms with E-state index < -0.39 is 0 Å². The van der Waals surface area contributed by atoms with Gasteiger partial charge in [0.2, 0.25) is 11.8 Å². The number of carbonyl (C=O) groups excluding carboxylic acids is 2. The molecule has 5 heteroatoms. The highest BCUT2D eigenvalue weighted by Crippen LogP contribution is 2.29. The number of carbonyl (C=O) groups is 2. The van der Waals surface area contributed by atoms with Gasteiger partial charge in [0.1, 0.15) is 0 Å². The number of nitrogens with one attached hydrogen (secondary N) is 1. The first-order valence-corrected chi connectivity index (χ1v) is 8.64. The first-order valence-electron chi connectivity index (χ1n) is 8.64. The second-order valence-electron chi connectivity index (χ2n) is 6.68. The summed E-state index contributed by atoms with van der Waals surface area (Å²) in [6, 6.07) is 0.281. The lowest BCUT2D eigenvalue weighted by molar-refractivity contribution is -0.132.